The van der Waals surface area contributed by atoms with Crippen LogP contribution in [0.15, 0.2) is 24.3 Å². The van der Waals surface area contributed by atoms with Gasteiger partial charge in [-0.25, -0.2) is 4.39 Å². The average molecular weight is 213 g/mol. The summed E-state index contributed by atoms with van der Waals surface area (Å²) in [7, 11) is 0. The molecule has 1 aliphatic rings. The van der Waals surface area contributed by atoms with E-state index < -0.39 is 0 Å². The Hall–Kier alpha value is -0.560. The fraction of sp³-hybridized carbons (Fsp3) is 0.500. The number of halogens is 2. The standard InChI is InChI=1S/C12H14ClF/c13-8-11(10-3-4-10)7-9-1-5-12(14)6-2-9/h1-2,5-6,10-11H,3-4,7-8H2. The van der Waals surface area contributed by atoms with E-state index in [1.807, 2.05) is 12.1 Å². The van der Waals surface area contributed by atoms with Crippen LogP contribution >= 0.6 is 11.6 Å². The highest BCUT2D eigenvalue weighted by molar-refractivity contribution is 6.18. The summed E-state index contributed by atoms with van der Waals surface area (Å²) in [5.74, 6) is 1.96. The monoisotopic (exact) mass is 212 g/mol. The molecule has 1 saturated carbocycles. The third-order valence-corrected chi connectivity index (χ3v) is 3.29. The number of alkyl halides is 1. The summed E-state index contributed by atoms with van der Waals surface area (Å²) in [6, 6.07) is 6.76. The first-order chi connectivity index (χ1) is 6.79. The van der Waals surface area contributed by atoms with Crippen molar-refractivity contribution in [2.75, 3.05) is 5.88 Å². The van der Waals surface area contributed by atoms with E-state index >= 15 is 0 Å². The highest BCUT2D eigenvalue weighted by atomic mass is 35.5. The highest BCUT2D eigenvalue weighted by Gasteiger charge is 2.30. The van der Waals surface area contributed by atoms with Gasteiger partial charge in [-0.05, 0) is 48.8 Å². The smallest absolute Gasteiger partial charge is 0.123 e. The second-order valence-electron chi connectivity index (χ2n) is 4.08. The number of rotatable bonds is 4. The molecule has 0 amide bonds. The molecule has 76 valence electrons. The van der Waals surface area contributed by atoms with E-state index in [1.165, 1.54) is 30.5 Å². The molecule has 14 heavy (non-hydrogen) atoms. The van der Waals surface area contributed by atoms with Gasteiger partial charge in [-0.2, -0.15) is 0 Å². The molecule has 2 heteroatoms. The molecule has 0 saturated heterocycles. The molecule has 1 aromatic carbocycles. The maximum absolute atomic E-state index is 12.7. The van der Waals surface area contributed by atoms with Crippen LogP contribution in [0.5, 0.6) is 0 Å². The Morgan fingerprint density at radius 1 is 1.29 bits per heavy atom. The Morgan fingerprint density at radius 3 is 2.43 bits per heavy atom. The summed E-state index contributed by atoms with van der Waals surface area (Å²) in [5.41, 5.74) is 1.20. The molecule has 1 aliphatic carbocycles. The van der Waals surface area contributed by atoms with Gasteiger partial charge < -0.3 is 0 Å². The van der Waals surface area contributed by atoms with E-state index in [2.05, 4.69) is 0 Å². The van der Waals surface area contributed by atoms with Gasteiger partial charge in [0.2, 0.25) is 0 Å². The van der Waals surface area contributed by atoms with E-state index in [0.29, 0.717) is 5.92 Å². The highest BCUT2D eigenvalue weighted by Crippen LogP contribution is 2.39. The molecule has 0 aliphatic heterocycles. The second-order valence-corrected chi connectivity index (χ2v) is 4.39. The van der Waals surface area contributed by atoms with Crippen LogP contribution in [0.3, 0.4) is 0 Å². The SMILES string of the molecule is Fc1ccc(CC(CCl)C2CC2)cc1. The van der Waals surface area contributed by atoms with Crippen molar-refractivity contribution in [1.82, 2.24) is 0 Å². The molecule has 0 radical (unpaired) electrons. The van der Waals surface area contributed by atoms with Crippen LogP contribution in [0.2, 0.25) is 0 Å². The fourth-order valence-electron chi connectivity index (χ4n) is 1.84. The number of hydrogen-bond donors (Lipinski definition) is 0. The van der Waals surface area contributed by atoms with Crippen molar-refractivity contribution in [2.24, 2.45) is 11.8 Å². The summed E-state index contributed by atoms with van der Waals surface area (Å²) in [6.07, 6.45) is 3.63. The summed E-state index contributed by atoms with van der Waals surface area (Å²) >= 11 is 5.91. The second kappa shape index (κ2) is 4.31. The van der Waals surface area contributed by atoms with Crippen molar-refractivity contribution in [1.29, 1.82) is 0 Å². The van der Waals surface area contributed by atoms with Gasteiger partial charge in [0, 0.05) is 5.88 Å². The Balaban J connectivity index is 1.98. The van der Waals surface area contributed by atoms with Crippen LogP contribution < -0.4 is 0 Å². The van der Waals surface area contributed by atoms with E-state index in [-0.39, 0.29) is 5.82 Å². The molecule has 0 aromatic heterocycles. The minimum absolute atomic E-state index is 0.164. The Morgan fingerprint density at radius 2 is 1.93 bits per heavy atom. The zero-order valence-electron chi connectivity index (χ0n) is 8.05. The van der Waals surface area contributed by atoms with Crippen LogP contribution in [-0.2, 0) is 6.42 Å². The van der Waals surface area contributed by atoms with Gasteiger partial charge in [0.25, 0.3) is 0 Å². The zero-order chi connectivity index (χ0) is 9.97. The van der Waals surface area contributed by atoms with Gasteiger partial charge in [-0.3, -0.25) is 0 Å². The van der Waals surface area contributed by atoms with Gasteiger partial charge in [0.15, 0.2) is 0 Å². The summed E-state index contributed by atoms with van der Waals surface area (Å²) < 4.78 is 12.7. The largest absolute Gasteiger partial charge is 0.207 e. The van der Waals surface area contributed by atoms with Crippen LogP contribution in [0.4, 0.5) is 4.39 Å². The molecule has 0 spiro atoms. The molecule has 0 heterocycles. The third-order valence-electron chi connectivity index (χ3n) is 2.90. The molecular weight excluding hydrogens is 199 g/mol. The van der Waals surface area contributed by atoms with Crippen molar-refractivity contribution in [2.45, 2.75) is 19.3 Å². The summed E-state index contributed by atoms with van der Waals surface area (Å²) in [6.45, 7) is 0. The number of hydrogen-bond acceptors (Lipinski definition) is 0. The normalized spacial score (nSPS) is 18.1. The van der Waals surface area contributed by atoms with Crippen molar-refractivity contribution >= 4 is 11.6 Å². The van der Waals surface area contributed by atoms with Crippen molar-refractivity contribution in [3.63, 3.8) is 0 Å². The molecule has 1 unspecified atom stereocenters. The zero-order valence-corrected chi connectivity index (χ0v) is 8.80. The molecule has 1 fully saturated rings. The average Bonchev–Trinajstić information content (AvgIpc) is 3.01. The van der Waals surface area contributed by atoms with Gasteiger partial charge in [0.05, 0.1) is 0 Å². The first-order valence-corrected chi connectivity index (χ1v) is 5.63. The lowest BCUT2D eigenvalue weighted by Gasteiger charge is -2.12. The predicted octanol–water partition coefficient (Wildman–Crippen LogP) is 3.63. The third kappa shape index (κ3) is 2.48. The minimum atomic E-state index is -0.164. The molecule has 0 nitrogen and oxygen atoms in total. The Bertz CT molecular complexity index is 290. The van der Waals surface area contributed by atoms with Gasteiger partial charge in [-0.15, -0.1) is 11.6 Å². The maximum atomic E-state index is 12.7. The first kappa shape index (κ1) is 9.97. The van der Waals surface area contributed by atoms with Crippen LogP contribution in [0.1, 0.15) is 18.4 Å². The Labute approximate surface area is 89.1 Å². The molecule has 1 atom stereocenters. The van der Waals surface area contributed by atoms with Crippen LogP contribution in [-0.4, -0.2) is 5.88 Å². The van der Waals surface area contributed by atoms with E-state index in [4.69, 9.17) is 11.6 Å². The maximum Gasteiger partial charge on any atom is 0.123 e. The van der Waals surface area contributed by atoms with Crippen LogP contribution in [0.25, 0.3) is 0 Å². The van der Waals surface area contributed by atoms with E-state index in [1.54, 1.807) is 0 Å². The minimum Gasteiger partial charge on any atom is -0.207 e. The van der Waals surface area contributed by atoms with Crippen molar-refractivity contribution < 1.29 is 4.39 Å². The van der Waals surface area contributed by atoms with E-state index in [9.17, 15) is 4.39 Å². The Kier molecular flexibility index (Phi) is 3.07. The summed E-state index contributed by atoms with van der Waals surface area (Å²) in [4.78, 5) is 0. The lowest BCUT2D eigenvalue weighted by atomic mass is 9.97. The van der Waals surface area contributed by atoms with Crippen LogP contribution in [0, 0.1) is 17.7 Å². The molecular formula is C12H14ClF. The topological polar surface area (TPSA) is 0 Å². The van der Waals surface area contributed by atoms with Gasteiger partial charge in [-0.1, -0.05) is 12.1 Å². The lowest BCUT2D eigenvalue weighted by Crippen LogP contribution is -2.08. The fourth-order valence-corrected chi connectivity index (χ4v) is 2.20. The van der Waals surface area contributed by atoms with Gasteiger partial charge in [0.1, 0.15) is 5.82 Å². The first-order valence-electron chi connectivity index (χ1n) is 5.10. The number of benzene rings is 1. The molecule has 2 rings (SSSR count). The predicted molar refractivity (Wildman–Crippen MR) is 57.0 cm³/mol. The van der Waals surface area contributed by atoms with E-state index in [0.717, 1.165) is 18.2 Å². The van der Waals surface area contributed by atoms with Gasteiger partial charge >= 0.3 is 0 Å². The van der Waals surface area contributed by atoms with Crippen molar-refractivity contribution in [3.8, 4) is 0 Å². The quantitative estimate of drug-likeness (QED) is 0.669. The molecule has 1 aromatic rings. The molecule has 0 bridgehead atoms. The molecule has 0 N–H and O–H groups in total. The van der Waals surface area contributed by atoms with Crippen molar-refractivity contribution in [3.05, 3.63) is 35.6 Å². The summed E-state index contributed by atoms with van der Waals surface area (Å²) in [5, 5.41) is 0. The lowest BCUT2D eigenvalue weighted by molar-refractivity contribution is 0.512.